The van der Waals surface area contributed by atoms with Gasteiger partial charge in [0.2, 0.25) is 0 Å². The summed E-state index contributed by atoms with van der Waals surface area (Å²) in [4.78, 5) is 10.6. The number of rotatable bonds is 8. The van der Waals surface area contributed by atoms with E-state index in [9.17, 15) is 18.0 Å². The Bertz CT molecular complexity index is 580. The molecule has 25 heavy (non-hydrogen) atoms. The van der Waals surface area contributed by atoms with Gasteiger partial charge in [0, 0.05) is 0 Å². The first-order chi connectivity index (χ1) is 11.5. The normalized spacial score (nSPS) is 14.3. The van der Waals surface area contributed by atoms with Crippen LogP contribution in [0.2, 0.25) is 0 Å². The molecule has 140 valence electrons. The van der Waals surface area contributed by atoms with Gasteiger partial charge >= 0.3 is 12.1 Å². The van der Waals surface area contributed by atoms with Crippen LogP contribution in [-0.2, 0) is 16.0 Å². The lowest BCUT2D eigenvalue weighted by Gasteiger charge is -2.30. The van der Waals surface area contributed by atoms with Crippen LogP contribution in [0.3, 0.4) is 0 Å². The molecule has 0 spiro atoms. The Kier molecular flexibility index (Phi) is 8.19. The van der Waals surface area contributed by atoms with Gasteiger partial charge in [0.05, 0.1) is 4.83 Å². The van der Waals surface area contributed by atoms with Gasteiger partial charge in [0.25, 0.3) is 0 Å². The molecule has 0 bridgehead atoms. The van der Waals surface area contributed by atoms with Gasteiger partial charge in [-0.3, -0.25) is 0 Å². The number of carbonyl (C=O) groups is 1. The molecule has 6 heteroatoms. The fourth-order valence-electron chi connectivity index (χ4n) is 2.29. The van der Waals surface area contributed by atoms with Crippen LogP contribution in [0, 0.1) is 0 Å². The molecule has 0 aliphatic rings. The van der Waals surface area contributed by atoms with E-state index >= 15 is 0 Å². The van der Waals surface area contributed by atoms with Gasteiger partial charge in [-0.05, 0) is 52.0 Å². The molecule has 0 saturated carbocycles. The maximum atomic E-state index is 12.3. The molecule has 0 aliphatic heterocycles. The minimum atomic E-state index is -4.97. The fraction of sp³-hybridized carbons (Fsp3) is 0.526. The van der Waals surface area contributed by atoms with Gasteiger partial charge in [-0.2, -0.15) is 13.2 Å². The van der Waals surface area contributed by atoms with Crippen molar-refractivity contribution < 1.29 is 22.7 Å². The van der Waals surface area contributed by atoms with Crippen molar-refractivity contribution >= 4 is 21.9 Å². The van der Waals surface area contributed by atoms with E-state index in [1.165, 1.54) is 25.0 Å². The molecule has 0 radical (unpaired) electrons. The standard InChI is InChI=1S/C19H24BrF3O2/c1-14(8-7-11-15-9-5-4-6-10-15)12-13-16(20)18(2,3)25-17(24)19(21,22)23/h4-6,8-10,16H,7,11-13H2,1-3H3/b14-8+. The predicted molar refractivity (Wildman–Crippen MR) is 96.7 cm³/mol. The van der Waals surface area contributed by atoms with Crippen molar-refractivity contribution in [3.63, 3.8) is 0 Å². The number of halogens is 4. The van der Waals surface area contributed by atoms with E-state index in [1.807, 2.05) is 25.1 Å². The van der Waals surface area contributed by atoms with E-state index in [0.717, 1.165) is 19.3 Å². The zero-order valence-electron chi connectivity index (χ0n) is 14.7. The molecule has 0 aliphatic carbocycles. The number of hydrogen-bond acceptors (Lipinski definition) is 2. The van der Waals surface area contributed by atoms with Crippen molar-refractivity contribution in [1.82, 2.24) is 0 Å². The van der Waals surface area contributed by atoms with Crippen LogP contribution in [0.5, 0.6) is 0 Å². The third kappa shape index (κ3) is 8.08. The Balaban J connectivity index is 2.44. The molecular weight excluding hydrogens is 397 g/mol. The van der Waals surface area contributed by atoms with Crippen LogP contribution in [-0.4, -0.2) is 22.6 Å². The third-order valence-corrected chi connectivity index (χ3v) is 5.46. The first-order valence-corrected chi connectivity index (χ1v) is 9.07. The summed E-state index contributed by atoms with van der Waals surface area (Å²) in [7, 11) is 0. The lowest BCUT2D eigenvalue weighted by molar-refractivity contribution is -0.211. The molecule has 0 aromatic heterocycles. The van der Waals surface area contributed by atoms with E-state index in [4.69, 9.17) is 0 Å². The highest BCUT2D eigenvalue weighted by Crippen LogP contribution is 2.30. The van der Waals surface area contributed by atoms with Crippen LogP contribution in [0.1, 0.15) is 45.6 Å². The van der Waals surface area contributed by atoms with E-state index in [-0.39, 0.29) is 4.83 Å². The van der Waals surface area contributed by atoms with E-state index < -0.39 is 17.7 Å². The van der Waals surface area contributed by atoms with Crippen LogP contribution in [0.15, 0.2) is 42.0 Å². The van der Waals surface area contributed by atoms with Crippen molar-refractivity contribution in [2.45, 2.75) is 63.1 Å². The molecule has 1 aromatic carbocycles. The molecular formula is C19H24BrF3O2. The highest BCUT2D eigenvalue weighted by molar-refractivity contribution is 9.09. The number of esters is 1. The number of allylic oxidation sites excluding steroid dienone is 2. The lowest BCUT2D eigenvalue weighted by atomic mass is 9.98. The van der Waals surface area contributed by atoms with E-state index in [1.54, 1.807) is 0 Å². The smallest absolute Gasteiger partial charge is 0.452 e. The number of benzene rings is 1. The van der Waals surface area contributed by atoms with Crippen molar-refractivity contribution in [2.24, 2.45) is 0 Å². The van der Waals surface area contributed by atoms with E-state index in [0.29, 0.717) is 6.42 Å². The first kappa shape index (κ1) is 21.7. The van der Waals surface area contributed by atoms with Gasteiger partial charge < -0.3 is 4.74 Å². The highest BCUT2D eigenvalue weighted by Gasteiger charge is 2.45. The summed E-state index contributed by atoms with van der Waals surface area (Å²) in [5.74, 6) is -2.16. The van der Waals surface area contributed by atoms with Gasteiger partial charge in [0.15, 0.2) is 0 Å². The summed E-state index contributed by atoms with van der Waals surface area (Å²) in [6.07, 6.45) is 0.321. The monoisotopic (exact) mass is 420 g/mol. The van der Waals surface area contributed by atoms with Gasteiger partial charge in [0.1, 0.15) is 5.60 Å². The third-order valence-electron chi connectivity index (χ3n) is 3.90. The minimum Gasteiger partial charge on any atom is -0.452 e. The summed E-state index contributed by atoms with van der Waals surface area (Å²) in [5, 5.41) is 0. The largest absolute Gasteiger partial charge is 0.490 e. The number of aryl methyl sites for hydroxylation is 1. The number of ether oxygens (including phenoxy) is 1. The molecule has 0 saturated heterocycles. The minimum absolute atomic E-state index is 0.372. The SMILES string of the molecule is C/C(=C\CCc1ccccc1)CCC(Br)C(C)(C)OC(=O)C(F)(F)F. The Labute approximate surface area is 155 Å². The van der Waals surface area contributed by atoms with Crippen molar-refractivity contribution in [1.29, 1.82) is 0 Å². The van der Waals surface area contributed by atoms with Crippen LogP contribution in [0.25, 0.3) is 0 Å². The number of hydrogen-bond donors (Lipinski definition) is 0. The molecule has 0 heterocycles. The summed E-state index contributed by atoms with van der Waals surface area (Å²) in [6, 6.07) is 10.1. The van der Waals surface area contributed by atoms with E-state index in [2.05, 4.69) is 38.9 Å². The summed E-state index contributed by atoms with van der Waals surface area (Å²) in [6.45, 7) is 4.95. The van der Waals surface area contributed by atoms with Gasteiger partial charge in [-0.25, -0.2) is 4.79 Å². The quantitative estimate of drug-likeness (QED) is 0.293. The average molecular weight is 421 g/mol. The topological polar surface area (TPSA) is 26.3 Å². The summed E-state index contributed by atoms with van der Waals surface area (Å²) in [5.41, 5.74) is 1.19. The second-order valence-corrected chi connectivity index (χ2v) is 7.68. The second-order valence-electron chi connectivity index (χ2n) is 6.57. The molecule has 0 fully saturated rings. The number of alkyl halides is 4. The molecule has 1 unspecified atom stereocenters. The Morgan fingerprint density at radius 3 is 2.40 bits per heavy atom. The van der Waals surface area contributed by atoms with Crippen molar-refractivity contribution in [3.8, 4) is 0 Å². The Morgan fingerprint density at radius 2 is 1.84 bits per heavy atom. The fourth-order valence-corrected chi connectivity index (χ4v) is 2.62. The Morgan fingerprint density at radius 1 is 1.24 bits per heavy atom. The predicted octanol–water partition coefficient (Wildman–Crippen LogP) is 5.99. The maximum Gasteiger partial charge on any atom is 0.490 e. The van der Waals surface area contributed by atoms with Gasteiger partial charge in [-0.1, -0.05) is 57.9 Å². The summed E-state index contributed by atoms with van der Waals surface area (Å²) < 4.78 is 41.6. The lowest BCUT2D eigenvalue weighted by Crippen LogP contribution is -2.41. The first-order valence-electron chi connectivity index (χ1n) is 8.16. The van der Waals surface area contributed by atoms with Crippen LogP contribution >= 0.6 is 15.9 Å². The van der Waals surface area contributed by atoms with Crippen molar-refractivity contribution in [3.05, 3.63) is 47.5 Å². The molecule has 1 aromatic rings. The van der Waals surface area contributed by atoms with Crippen molar-refractivity contribution in [2.75, 3.05) is 0 Å². The molecule has 1 atom stereocenters. The number of carbonyl (C=O) groups excluding carboxylic acids is 1. The van der Waals surface area contributed by atoms with Crippen LogP contribution in [0.4, 0.5) is 13.2 Å². The molecule has 1 rings (SSSR count). The molecule has 2 nitrogen and oxygen atoms in total. The average Bonchev–Trinajstić information content (AvgIpc) is 2.52. The van der Waals surface area contributed by atoms with Gasteiger partial charge in [-0.15, -0.1) is 0 Å². The van der Waals surface area contributed by atoms with Crippen LogP contribution < -0.4 is 0 Å². The second kappa shape index (κ2) is 9.41. The Hall–Kier alpha value is -1.30. The molecule has 0 amide bonds. The molecule has 0 N–H and O–H groups in total. The zero-order chi connectivity index (χ0) is 19.1. The maximum absolute atomic E-state index is 12.3. The summed E-state index contributed by atoms with van der Waals surface area (Å²) >= 11 is 3.36. The zero-order valence-corrected chi connectivity index (χ0v) is 16.3. The highest BCUT2D eigenvalue weighted by atomic mass is 79.9.